The van der Waals surface area contributed by atoms with E-state index in [4.69, 9.17) is 32.7 Å². The molecule has 1 aromatic heterocycles. The van der Waals surface area contributed by atoms with Crippen LogP contribution in [0.5, 0.6) is 11.5 Å². The van der Waals surface area contributed by atoms with Crippen molar-refractivity contribution in [2.24, 2.45) is 0 Å². The second kappa shape index (κ2) is 9.13. The molecule has 7 heteroatoms. The number of benzene rings is 3. The number of H-pyrrole nitrogens is 1. The minimum absolute atomic E-state index is 0.244. The molecular formula is C24H17Cl2N3O2. The number of para-hydroxylation sites is 2. The molecule has 1 heterocycles. The molecule has 0 bridgehead atoms. The van der Waals surface area contributed by atoms with Gasteiger partial charge in [-0.2, -0.15) is 5.26 Å². The van der Waals surface area contributed by atoms with E-state index >= 15 is 0 Å². The number of aromatic nitrogens is 2. The van der Waals surface area contributed by atoms with Crippen molar-refractivity contribution in [3.05, 3.63) is 87.7 Å². The van der Waals surface area contributed by atoms with E-state index in [0.29, 0.717) is 32.9 Å². The number of nitriles is 1. The molecule has 0 unspecified atom stereocenters. The molecule has 4 rings (SSSR count). The average molecular weight is 450 g/mol. The van der Waals surface area contributed by atoms with Gasteiger partial charge in [-0.1, -0.05) is 47.5 Å². The third kappa shape index (κ3) is 4.66. The van der Waals surface area contributed by atoms with E-state index in [2.05, 4.69) is 16.0 Å². The maximum absolute atomic E-state index is 9.68. The summed E-state index contributed by atoms with van der Waals surface area (Å²) in [5.74, 6) is 1.61. The van der Waals surface area contributed by atoms with Crippen LogP contribution in [0.2, 0.25) is 10.0 Å². The number of hydrogen-bond donors (Lipinski definition) is 1. The Morgan fingerprint density at radius 1 is 1.10 bits per heavy atom. The molecule has 1 N–H and O–H groups in total. The van der Waals surface area contributed by atoms with Crippen molar-refractivity contribution in [2.75, 3.05) is 7.11 Å². The van der Waals surface area contributed by atoms with E-state index in [0.717, 1.165) is 22.2 Å². The number of nitrogens with one attached hydrogen (secondary N) is 1. The van der Waals surface area contributed by atoms with E-state index in [-0.39, 0.29) is 6.61 Å². The van der Waals surface area contributed by atoms with Crippen LogP contribution in [0.3, 0.4) is 0 Å². The highest BCUT2D eigenvalue weighted by Gasteiger charge is 2.11. The number of hydrogen-bond acceptors (Lipinski definition) is 4. The third-order valence-corrected chi connectivity index (χ3v) is 5.25. The van der Waals surface area contributed by atoms with Gasteiger partial charge in [-0.05, 0) is 48.0 Å². The summed E-state index contributed by atoms with van der Waals surface area (Å²) in [6.07, 6.45) is 1.75. The molecule has 0 saturated carbocycles. The number of ether oxygens (including phenoxy) is 2. The summed E-state index contributed by atoms with van der Waals surface area (Å²) in [6.45, 7) is 0.244. The Morgan fingerprint density at radius 2 is 1.94 bits per heavy atom. The Kier molecular flexibility index (Phi) is 6.13. The summed E-state index contributed by atoms with van der Waals surface area (Å²) in [5.41, 5.74) is 3.66. The fraction of sp³-hybridized carbons (Fsp3) is 0.0833. The molecule has 3 aromatic carbocycles. The van der Waals surface area contributed by atoms with Gasteiger partial charge in [0, 0.05) is 15.6 Å². The Bertz CT molecular complexity index is 1290. The summed E-state index contributed by atoms with van der Waals surface area (Å²) in [7, 11) is 1.57. The maximum atomic E-state index is 9.68. The van der Waals surface area contributed by atoms with Gasteiger partial charge in [-0.15, -0.1) is 0 Å². The number of imidazole rings is 1. The third-order valence-electron chi connectivity index (χ3n) is 4.66. The van der Waals surface area contributed by atoms with Crippen molar-refractivity contribution in [1.29, 1.82) is 5.26 Å². The van der Waals surface area contributed by atoms with Crippen LogP contribution in [0.25, 0.3) is 22.7 Å². The molecule has 154 valence electrons. The molecule has 5 nitrogen and oxygen atoms in total. The van der Waals surface area contributed by atoms with Gasteiger partial charge in [-0.3, -0.25) is 0 Å². The van der Waals surface area contributed by atoms with Crippen molar-refractivity contribution in [1.82, 2.24) is 9.97 Å². The standard InChI is InChI=1S/C24H17Cl2N3O2/c1-30-22-9-6-15(11-23(22)31-14-16-7-8-18(25)12-19(16)26)10-17(13-27)24-28-20-4-2-3-5-21(20)29-24/h2-12H,14H2,1H3,(H,28,29)/b17-10+. The van der Waals surface area contributed by atoms with Crippen LogP contribution in [0.1, 0.15) is 17.0 Å². The molecule has 0 atom stereocenters. The highest BCUT2D eigenvalue weighted by molar-refractivity contribution is 6.35. The van der Waals surface area contributed by atoms with Crippen LogP contribution in [0.4, 0.5) is 0 Å². The fourth-order valence-electron chi connectivity index (χ4n) is 3.09. The van der Waals surface area contributed by atoms with Gasteiger partial charge < -0.3 is 14.5 Å². The van der Waals surface area contributed by atoms with Gasteiger partial charge in [0.2, 0.25) is 0 Å². The van der Waals surface area contributed by atoms with Gasteiger partial charge in [0.15, 0.2) is 11.5 Å². The zero-order valence-electron chi connectivity index (χ0n) is 16.5. The van der Waals surface area contributed by atoms with Crippen molar-refractivity contribution in [3.8, 4) is 17.6 Å². The molecule has 0 fully saturated rings. The summed E-state index contributed by atoms with van der Waals surface area (Å²) in [6, 6.07) is 20.5. The first kappa shape index (κ1) is 20.8. The van der Waals surface area contributed by atoms with Crippen LogP contribution < -0.4 is 9.47 Å². The number of allylic oxidation sites excluding steroid dienone is 1. The lowest BCUT2D eigenvalue weighted by molar-refractivity contribution is 0.284. The molecule has 0 radical (unpaired) electrons. The summed E-state index contributed by atoms with van der Waals surface area (Å²) < 4.78 is 11.4. The quantitative estimate of drug-likeness (QED) is 0.340. The molecule has 0 aliphatic heterocycles. The van der Waals surface area contributed by atoms with E-state index in [1.165, 1.54) is 0 Å². The predicted octanol–water partition coefficient (Wildman–Crippen LogP) is 6.52. The first-order valence-corrected chi connectivity index (χ1v) is 10.1. The molecule has 0 amide bonds. The molecule has 0 aliphatic carbocycles. The van der Waals surface area contributed by atoms with Crippen molar-refractivity contribution in [2.45, 2.75) is 6.61 Å². The smallest absolute Gasteiger partial charge is 0.162 e. The monoisotopic (exact) mass is 449 g/mol. The minimum Gasteiger partial charge on any atom is -0.493 e. The van der Waals surface area contributed by atoms with Crippen molar-refractivity contribution >= 4 is 45.9 Å². The second-order valence-corrected chi connectivity index (χ2v) is 7.55. The van der Waals surface area contributed by atoms with Gasteiger partial charge >= 0.3 is 0 Å². The number of aromatic amines is 1. The minimum atomic E-state index is 0.244. The average Bonchev–Trinajstić information content (AvgIpc) is 3.21. The van der Waals surface area contributed by atoms with E-state index < -0.39 is 0 Å². The van der Waals surface area contributed by atoms with Crippen LogP contribution in [0, 0.1) is 11.3 Å². The van der Waals surface area contributed by atoms with Gasteiger partial charge in [0.1, 0.15) is 18.5 Å². The van der Waals surface area contributed by atoms with Gasteiger partial charge in [0.25, 0.3) is 0 Å². The Labute approximate surface area is 189 Å². The molecule has 4 aromatic rings. The Balaban J connectivity index is 1.63. The zero-order valence-corrected chi connectivity index (χ0v) is 18.0. The summed E-state index contributed by atoms with van der Waals surface area (Å²) in [5, 5.41) is 10.8. The predicted molar refractivity (Wildman–Crippen MR) is 123 cm³/mol. The summed E-state index contributed by atoms with van der Waals surface area (Å²) >= 11 is 12.2. The fourth-order valence-corrected chi connectivity index (χ4v) is 3.55. The van der Waals surface area contributed by atoms with E-state index in [1.54, 1.807) is 31.4 Å². The van der Waals surface area contributed by atoms with Crippen LogP contribution in [0.15, 0.2) is 60.7 Å². The molecule has 31 heavy (non-hydrogen) atoms. The van der Waals surface area contributed by atoms with Crippen LogP contribution >= 0.6 is 23.2 Å². The molecular weight excluding hydrogens is 433 g/mol. The zero-order chi connectivity index (χ0) is 21.8. The van der Waals surface area contributed by atoms with Crippen molar-refractivity contribution in [3.63, 3.8) is 0 Å². The largest absolute Gasteiger partial charge is 0.493 e. The van der Waals surface area contributed by atoms with E-state index in [1.807, 2.05) is 42.5 Å². The topological polar surface area (TPSA) is 70.9 Å². The highest BCUT2D eigenvalue weighted by atomic mass is 35.5. The number of methoxy groups -OCH3 is 1. The SMILES string of the molecule is COc1ccc(/C=C(\C#N)c2nc3ccccc3[nH]2)cc1OCc1ccc(Cl)cc1Cl. The second-order valence-electron chi connectivity index (χ2n) is 6.71. The molecule has 0 saturated heterocycles. The molecule has 0 aliphatic rings. The number of fused-ring (bicyclic) bond motifs is 1. The molecule has 0 spiro atoms. The number of rotatable bonds is 6. The first-order chi connectivity index (χ1) is 15.1. The normalized spacial score (nSPS) is 11.4. The number of halogens is 2. The van der Waals surface area contributed by atoms with Crippen LogP contribution in [-0.4, -0.2) is 17.1 Å². The van der Waals surface area contributed by atoms with Gasteiger partial charge in [0.05, 0.1) is 23.7 Å². The lowest BCUT2D eigenvalue weighted by Gasteiger charge is -2.12. The van der Waals surface area contributed by atoms with Crippen molar-refractivity contribution < 1.29 is 9.47 Å². The lowest BCUT2D eigenvalue weighted by atomic mass is 10.1. The first-order valence-electron chi connectivity index (χ1n) is 9.39. The summed E-state index contributed by atoms with van der Waals surface area (Å²) in [4.78, 5) is 7.68. The Hall–Kier alpha value is -3.46. The maximum Gasteiger partial charge on any atom is 0.162 e. The van der Waals surface area contributed by atoms with E-state index in [9.17, 15) is 5.26 Å². The van der Waals surface area contributed by atoms with Gasteiger partial charge in [-0.25, -0.2) is 4.98 Å². The lowest BCUT2D eigenvalue weighted by Crippen LogP contribution is -1.99. The van der Waals surface area contributed by atoms with Crippen LogP contribution in [-0.2, 0) is 6.61 Å². The highest BCUT2D eigenvalue weighted by Crippen LogP contribution is 2.31. The number of nitrogens with zero attached hydrogens (tertiary/aromatic N) is 2. The Morgan fingerprint density at radius 3 is 2.68 bits per heavy atom.